The summed E-state index contributed by atoms with van der Waals surface area (Å²) in [5, 5.41) is 0. The lowest BCUT2D eigenvalue weighted by Crippen LogP contribution is -2.00. The second-order valence-corrected chi connectivity index (χ2v) is 14.4. The van der Waals surface area contributed by atoms with Crippen LogP contribution in [-0.4, -0.2) is 0 Å². The molecular weight excluding hydrogens is 745 g/mol. The zero-order valence-corrected chi connectivity index (χ0v) is 41.7. The third-order valence-corrected chi connectivity index (χ3v) is 7.67. The van der Waals surface area contributed by atoms with Crippen molar-refractivity contribution in [1.29, 1.82) is 0 Å². The van der Waals surface area contributed by atoms with Crippen molar-refractivity contribution < 1.29 is 61.7 Å². The van der Waals surface area contributed by atoms with Crippen LogP contribution in [0.3, 0.4) is 0 Å². The van der Waals surface area contributed by atoms with Crippen molar-refractivity contribution in [1.82, 2.24) is 0 Å². The van der Waals surface area contributed by atoms with E-state index in [4.69, 9.17) is 61.7 Å². The lowest BCUT2D eigenvalue weighted by molar-refractivity contribution is 0.397. The van der Waals surface area contributed by atoms with Crippen LogP contribution in [0.15, 0.2) is 60.7 Å². The van der Waals surface area contributed by atoms with Gasteiger partial charge in [0, 0.05) is 61.7 Å². The van der Waals surface area contributed by atoms with Gasteiger partial charge in [0.05, 0.1) is 0 Å². The normalized spacial score (nSPS) is 24.1. The minimum Gasteiger partial charge on any atom is -0.0656 e. The van der Waals surface area contributed by atoms with Gasteiger partial charge in [-0.05, 0) is 123 Å². The maximum Gasteiger partial charge on any atom is 0.0297 e. The molecule has 0 unspecified atom stereocenters. The Labute approximate surface area is 460 Å². The van der Waals surface area contributed by atoms with E-state index in [2.05, 4.69) is 119 Å². The first-order valence-corrected chi connectivity index (χ1v) is 21.0. The third-order valence-electron chi connectivity index (χ3n) is 7.67. The molecule has 368 valence electrons. The molecule has 0 spiro atoms. The molecule has 3 aromatic rings. The summed E-state index contributed by atoms with van der Waals surface area (Å²) in [4.78, 5) is 0. The fourth-order valence-corrected chi connectivity index (χ4v) is 3.26. The largest absolute Gasteiger partial charge is 0.0656 e. The maximum atomic E-state index is 7.39. The smallest absolute Gasteiger partial charge is 0.0297 e. The molecule has 3 rings (SSSR count). The van der Waals surface area contributed by atoms with E-state index in [-0.39, 0.29) is 19.3 Å². The summed E-state index contributed by atoms with van der Waals surface area (Å²) >= 11 is 0. The Morgan fingerprint density at radius 3 is 1.11 bits per heavy atom. The third kappa shape index (κ3) is 72.1. The van der Waals surface area contributed by atoms with E-state index in [0.717, 1.165) is 12.8 Å². The summed E-state index contributed by atoms with van der Waals surface area (Å²) in [6, 6.07) is 21.1. The van der Waals surface area contributed by atoms with Crippen LogP contribution < -0.4 is 0 Å². The molecule has 0 aliphatic rings. The summed E-state index contributed by atoms with van der Waals surface area (Å²) in [6.07, 6.45) is -3.08. The van der Waals surface area contributed by atoms with Gasteiger partial charge in [-0.1, -0.05) is 274 Å². The molecule has 0 radical (unpaired) electrons. The summed E-state index contributed by atoms with van der Waals surface area (Å²) in [5.74, 6) is -5.72. The number of rotatable bonds is 5. The Balaban J connectivity index is -0.000000211. The first-order valence-electron chi connectivity index (χ1n) is 43.5. The van der Waals surface area contributed by atoms with Gasteiger partial charge in [-0.15, -0.1) is 0 Å². The van der Waals surface area contributed by atoms with E-state index in [9.17, 15) is 0 Å². The highest BCUT2D eigenvalue weighted by Crippen LogP contribution is 2.17. The fourth-order valence-electron chi connectivity index (χ4n) is 3.26. The van der Waals surface area contributed by atoms with E-state index >= 15 is 0 Å². The van der Waals surface area contributed by atoms with Crippen molar-refractivity contribution in [2.75, 3.05) is 0 Å². The summed E-state index contributed by atoms with van der Waals surface area (Å²) in [6.45, 7) is -6.70. The van der Waals surface area contributed by atoms with Crippen molar-refractivity contribution in [2.45, 2.75) is 258 Å². The summed E-state index contributed by atoms with van der Waals surface area (Å²) < 4.78 is 317. The van der Waals surface area contributed by atoms with Crippen LogP contribution in [0.25, 0.3) is 0 Å². The number of hydrogen-bond acceptors (Lipinski definition) is 0. The van der Waals surface area contributed by atoms with Crippen LogP contribution in [0.4, 0.5) is 0 Å². The number of aryl methyl sites for hydroxylation is 6. The van der Waals surface area contributed by atoms with Crippen molar-refractivity contribution >= 4 is 0 Å². The molecule has 0 N–H and O–H groups in total. The second-order valence-electron chi connectivity index (χ2n) is 14.4. The Hall–Kier alpha value is -2.34. The van der Waals surface area contributed by atoms with Crippen LogP contribution in [-0.2, 0) is 0 Å². The summed E-state index contributed by atoms with van der Waals surface area (Å²) in [7, 11) is 0. The number of hydrogen-bond donors (Lipinski definition) is 0. The Kier molecular flexibility index (Phi) is 16.7. The van der Waals surface area contributed by atoms with Crippen molar-refractivity contribution in [3.63, 3.8) is 0 Å². The predicted molar refractivity (Wildman–Crippen MR) is 298 cm³/mol. The molecule has 0 aliphatic carbocycles. The van der Waals surface area contributed by atoms with Gasteiger partial charge in [-0.3, -0.25) is 0 Å². The van der Waals surface area contributed by atoms with Crippen LogP contribution in [0.5, 0.6) is 0 Å². The van der Waals surface area contributed by atoms with Gasteiger partial charge in [0.1, 0.15) is 0 Å². The topological polar surface area (TPSA) is 0 Å². The maximum absolute atomic E-state index is 7.39. The van der Waals surface area contributed by atoms with Gasteiger partial charge in [-0.2, -0.15) is 0 Å². The molecule has 62 heavy (non-hydrogen) atoms. The quantitative estimate of drug-likeness (QED) is 0.239. The van der Waals surface area contributed by atoms with Gasteiger partial charge < -0.3 is 0 Å². The van der Waals surface area contributed by atoms with Gasteiger partial charge in [0.2, 0.25) is 0 Å². The zero-order chi connectivity index (χ0) is 88.6. The highest BCUT2D eigenvalue weighted by atomic mass is 14.1. The van der Waals surface area contributed by atoms with E-state index in [1.807, 2.05) is 18.2 Å². The Morgan fingerprint density at radius 1 is 0.516 bits per heavy atom. The molecule has 0 bridgehead atoms. The number of benzene rings is 3. The summed E-state index contributed by atoms with van der Waals surface area (Å²) in [5.41, 5.74) is 5.03. The van der Waals surface area contributed by atoms with Crippen molar-refractivity contribution in [2.24, 2.45) is 34.5 Å². The molecule has 0 saturated heterocycles. The minimum absolute atomic E-state index is 0.160. The molecule has 0 atom stereocenters. The van der Waals surface area contributed by atoms with Crippen LogP contribution in [0, 0.1) is 89.8 Å². The van der Waals surface area contributed by atoms with E-state index in [1.54, 1.807) is 13.8 Å². The highest BCUT2D eigenvalue weighted by molar-refractivity contribution is 5.36. The van der Waals surface area contributed by atoms with Gasteiger partial charge in [0.25, 0.3) is 0 Å². The molecule has 0 heterocycles. The molecular formula is C62H120. The van der Waals surface area contributed by atoms with E-state index in [0.29, 0.717) is 6.92 Å². The van der Waals surface area contributed by atoms with E-state index in [1.165, 1.54) is 71.2 Å². The predicted octanol–water partition coefficient (Wildman–Crippen LogP) is 22.4. The van der Waals surface area contributed by atoms with E-state index < -0.39 is 137 Å². The monoisotopic (exact) mass is 910 g/mol. The molecule has 0 nitrogen and oxygen atoms in total. The Morgan fingerprint density at radius 2 is 0.968 bits per heavy atom. The second kappa shape index (κ2) is 48.1. The molecule has 0 aliphatic heterocycles. The highest BCUT2D eigenvalue weighted by Gasteiger charge is 2.04. The minimum atomic E-state index is -3.48. The first kappa shape index (κ1) is 21.5. The van der Waals surface area contributed by atoms with Crippen molar-refractivity contribution in [3.05, 3.63) is 105 Å². The standard InChI is InChI=1S/C10H14.C9H12.C7H8.3C6H14.3C5H12.C3H8/c1-7-5-8(2)10(4)9(3)6-7;1-7-5-4-6-8(2)9(7)3;1-7-5-3-2-4-6-7;2*1-5-6(2,3)4;1-4-5-6(2)3;3*1-4-5(2)3;1-3-2/h5-6H,1-4H3;4-6H,1-3H3;2-6H,1H3;2*5H2,1-4H3;6H,4-5H2,1-3H3;3*5H,4H2,1-3H3;3H2,1-2H3/i;;;2D3,3D3,4D3,5D2;2D3,3D3,4D3;;2D3,3D3,4D2,5D;2D3,3D3,5D;2D3,3D3;1D3. The van der Waals surface area contributed by atoms with Crippen molar-refractivity contribution in [3.8, 4) is 0 Å². The molecule has 0 amide bonds. The SMILES string of the molecule is CCCC(C)C.Cc1cc(C)c(C)c(C)c1.Cc1cccc(C)c1C.Cc1ccccc1.[2H]C([2H])([2H])C(C([2H])([2H])[2H])(C([2H])([2H])[2H])C([2H])([2H])C.[2H]C([2H])([2H])C(CC)(C([2H])([2H])[2H])C([2H])([2H])[2H].[2H]C([2H])([2H])C(CC)C([2H])([2H])[2H].[2H]C([2H])([2H])C([2H])(C([2H])([2H])[2H])C([2H])([2H])C.[2H]C([2H])([2H])C([2H])(CC)C([2H])([2H])[2H].[2H]C([2H])([2H])CC. The van der Waals surface area contributed by atoms with Gasteiger partial charge in [-0.25, -0.2) is 0 Å². The first-order chi connectivity index (χ1) is 46.4. The Bertz CT molecular complexity index is 2690. The molecule has 0 saturated carbocycles. The molecule has 0 fully saturated rings. The lowest BCUT2D eigenvalue weighted by atomic mass is 9.94. The lowest BCUT2D eigenvalue weighted by Gasteiger charge is -2.12. The van der Waals surface area contributed by atoms with Gasteiger partial charge >= 0.3 is 0 Å². The average molecular weight is 911 g/mol. The molecule has 0 heteroatoms. The van der Waals surface area contributed by atoms with Crippen LogP contribution in [0.1, 0.15) is 309 Å². The van der Waals surface area contributed by atoms with Gasteiger partial charge in [0.15, 0.2) is 0 Å². The average Bonchev–Trinajstić information content (AvgIpc) is 0.706. The molecule has 3 aromatic carbocycles. The van der Waals surface area contributed by atoms with Crippen LogP contribution in [0.2, 0.25) is 0 Å². The van der Waals surface area contributed by atoms with Crippen LogP contribution >= 0.6 is 0 Å². The molecule has 0 aromatic heterocycles. The zero-order valence-electron chi connectivity index (χ0n) is 86.7. The fraction of sp³-hybridized carbons (Fsp3) is 0.710.